The molecule has 0 fully saturated rings. The third-order valence-electron chi connectivity index (χ3n) is 5.24. The lowest BCUT2D eigenvalue weighted by Crippen LogP contribution is -2.13. The normalized spacial score (nSPS) is 12.3. The molecule has 30 heavy (non-hydrogen) atoms. The molecule has 0 amide bonds. The van der Waals surface area contributed by atoms with Crippen molar-refractivity contribution < 1.29 is 9.52 Å². The van der Waals surface area contributed by atoms with Gasteiger partial charge in [-0.25, -0.2) is 4.98 Å². The average Bonchev–Trinajstić information content (AvgIpc) is 3.15. The molecule has 0 aliphatic rings. The first-order chi connectivity index (χ1) is 14.5. The van der Waals surface area contributed by atoms with Gasteiger partial charge in [0.15, 0.2) is 5.58 Å². The van der Waals surface area contributed by atoms with E-state index in [0.29, 0.717) is 34.8 Å². The Hall–Kier alpha value is -2.38. The zero-order chi connectivity index (χ0) is 21.7. The molecule has 0 saturated carbocycles. The van der Waals surface area contributed by atoms with Crippen LogP contribution in [0.5, 0.6) is 0 Å². The molecule has 0 unspecified atom stereocenters. The Morgan fingerprint density at radius 2 is 2.00 bits per heavy atom. The first-order valence-electron chi connectivity index (χ1n) is 10.5. The highest BCUT2D eigenvalue weighted by Gasteiger charge is 2.20. The molecule has 0 spiro atoms. The van der Waals surface area contributed by atoms with Gasteiger partial charge in [-0.3, -0.25) is 4.98 Å². The molecule has 0 aliphatic heterocycles. The van der Waals surface area contributed by atoms with Crippen LogP contribution in [0.4, 0.5) is 11.8 Å². The summed E-state index contributed by atoms with van der Waals surface area (Å²) in [6, 6.07) is 4.04. The fraction of sp³-hybridized carbons (Fsp3) is 0.500. The highest BCUT2D eigenvalue weighted by molar-refractivity contribution is 6.32. The van der Waals surface area contributed by atoms with Crippen molar-refractivity contribution in [1.82, 2.24) is 15.0 Å². The SMILES string of the molecule is CCCc1cc2cc(-c3c(Cl)nc(NC)nc3NCC[C@H](CC)CO)oc2c(C)n1. The second-order valence-corrected chi connectivity index (χ2v) is 7.82. The van der Waals surface area contributed by atoms with Crippen molar-refractivity contribution >= 4 is 34.3 Å². The zero-order valence-electron chi connectivity index (χ0n) is 18.0. The zero-order valence-corrected chi connectivity index (χ0v) is 18.8. The highest BCUT2D eigenvalue weighted by atomic mass is 35.5. The number of anilines is 2. The number of hydrogen-bond acceptors (Lipinski definition) is 7. The Bertz CT molecular complexity index is 1000. The molecule has 3 heterocycles. The molecule has 0 aliphatic carbocycles. The summed E-state index contributed by atoms with van der Waals surface area (Å²) in [7, 11) is 1.75. The first-order valence-corrected chi connectivity index (χ1v) is 10.9. The molecule has 3 aromatic rings. The van der Waals surface area contributed by atoms with Crippen LogP contribution in [0.25, 0.3) is 22.3 Å². The van der Waals surface area contributed by atoms with Gasteiger partial charge in [0.25, 0.3) is 0 Å². The van der Waals surface area contributed by atoms with E-state index in [1.165, 1.54) is 0 Å². The Morgan fingerprint density at radius 3 is 2.67 bits per heavy atom. The molecule has 0 bridgehead atoms. The van der Waals surface area contributed by atoms with Crippen molar-refractivity contribution in [2.75, 3.05) is 30.8 Å². The lowest BCUT2D eigenvalue weighted by molar-refractivity contribution is 0.217. The van der Waals surface area contributed by atoms with E-state index in [1.807, 2.05) is 13.0 Å². The van der Waals surface area contributed by atoms with Gasteiger partial charge >= 0.3 is 0 Å². The molecule has 0 radical (unpaired) electrons. The van der Waals surface area contributed by atoms with Gasteiger partial charge in [0, 0.05) is 31.3 Å². The lowest BCUT2D eigenvalue weighted by Gasteiger charge is -2.15. The smallest absolute Gasteiger partial charge is 0.225 e. The summed E-state index contributed by atoms with van der Waals surface area (Å²) in [5, 5.41) is 17.0. The van der Waals surface area contributed by atoms with Crippen LogP contribution in [0.15, 0.2) is 16.5 Å². The summed E-state index contributed by atoms with van der Waals surface area (Å²) in [5.74, 6) is 1.89. The third-order valence-corrected chi connectivity index (χ3v) is 5.52. The fourth-order valence-corrected chi connectivity index (χ4v) is 3.75. The standard InChI is InChI=1S/C22H30ClN5O2/c1-5-7-16-10-15-11-17(30-19(15)13(3)26-16)18-20(23)27-22(24-4)28-21(18)25-9-8-14(6-2)12-29/h10-11,14,29H,5-9,12H2,1-4H3,(H2,24,25,27,28)/t14-/m0/s1. The first kappa shape index (κ1) is 22.3. The topological polar surface area (TPSA) is 96.1 Å². The van der Waals surface area contributed by atoms with Gasteiger partial charge in [0.2, 0.25) is 5.95 Å². The van der Waals surface area contributed by atoms with Gasteiger partial charge in [-0.15, -0.1) is 0 Å². The summed E-state index contributed by atoms with van der Waals surface area (Å²) in [6.45, 7) is 7.00. The largest absolute Gasteiger partial charge is 0.454 e. The van der Waals surface area contributed by atoms with E-state index in [9.17, 15) is 5.11 Å². The van der Waals surface area contributed by atoms with Crippen LogP contribution in [-0.2, 0) is 6.42 Å². The summed E-state index contributed by atoms with van der Waals surface area (Å²) in [5.41, 5.74) is 3.28. The molecular weight excluding hydrogens is 402 g/mol. The molecule has 1 atom stereocenters. The van der Waals surface area contributed by atoms with Crippen LogP contribution in [-0.4, -0.2) is 40.3 Å². The number of hydrogen-bond donors (Lipinski definition) is 3. The van der Waals surface area contributed by atoms with E-state index in [-0.39, 0.29) is 12.5 Å². The number of pyridine rings is 1. The molecule has 3 rings (SSSR count). The number of nitrogens with one attached hydrogen (secondary N) is 2. The van der Waals surface area contributed by atoms with Crippen LogP contribution < -0.4 is 10.6 Å². The summed E-state index contributed by atoms with van der Waals surface area (Å²) < 4.78 is 6.16. The maximum atomic E-state index is 9.44. The van der Waals surface area contributed by atoms with E-state index >= 15 is 0 Å². The second-order valence-electron chi connectivity index (χ2n) is 7.46. The van der Waals surface area contributed by atoms with Gasteiger partial charge in [0.1, 0.15) is 16.7 Å². The minimum Gasteiger partial charge on any atom is -0.454 e. The quantitative estimate of drug-likeness (QED) is 0.386. The second kappa shape index (κ2) is 10.1. The molecule has 0 aromatic carbocycles. The van der Waals surface area contributed by atoms with Crippen LogP contribution in [0.2, 0.25) is 5.15 Å². The highest BCUT2D eigenvalue weighted by Crippen LogP contribution is 2.37. The molecule has 3 N–H and O–H groups in total. The number of halogens is 1. The number of aliphatic hydroxyl groups excluding tert-OH is 1. The minimum atomic E-state index is 0.174. The van der Waals surface area contributed by atoms with Gasteiger partial charge in [0.05, 0.1) is 11.3 Å². The molecule has 0 saturated heterocycles. The van der Waals surface area contributed by atoms with E-state index in [0.717, 1.165) is 48.0 Å². The monoisotopic (exact) mass is 431 g/mol. The van der Waals surface area contributed by atoms with Crippen LogP contribution >= 0.6 is 11.6 Å². The number of aryl methyl sites for hydroxylation is 2. The van der Waals surface area contributed by atoms with E-state index < -0.39 is 0 Å². The third kappa shape index (κ3) is 4.84. The number of nitrogens with zero attached hydrogens (tertiary/aromatic N) is 3. The van der Waals surface area contributed by atoms with Gasteiger partial charge < -0.3 is 20.2 Å². The average molecular weight is 432 g/mol. The molecule has 8 heteroatoms. The maximum absolute atomic E-state index is 9.44. The van der Waals surface area contributed by atoms with Gasteiger partial charge in [-0.1, -0.05) is 38.3 Å². The predicted octanol–water partition coefficient (Wildman–Crippen LogP) is 5.06. The number of rotatable bonds is 10. The minimum absolute atomic E-state index is 0.174. The predicted molar refractivity (Wildman–Crippen MR) is 122 cm³/mol. The Balaban J connectivity index is 2.00. The Labute approximate surface area is 182 Å². The maximum Gasteiger partial charge on any atom is 0.225 e. The molecular formula is C22H30ClN5O2. The number of aliphatic hydroxyl groups is 1. The van der Waals surface area contributed by atoms with Crippen molar-refractivity contribution in [2.24, 2.45) is 5.92 Å². The van der Waals surface area contributed by atoms with E-state index in [2.05, 4.69) is 45.5 Å². The number of fused-ring (bicyclic) bond motifs is 1. The Morgan fingerprint density at radius 1 is 1.20 bits per heavy atom. The molecule has 162 valence electrons. The van der Waals surface area contributed by atoms with E-state index in [4.69, 9.17) is 16.0 Å². The van der Waals surface area contributed by atoms with Crippen molar-refractivity contribution in [3.8, 4) is 11.3 Å². The van der Waals surface area contributed by atoms with Crippen molar-refractivity contribution in [3.05, 3.63) is 28.7 Å². The fourth-order valence-electron chi connectivity index (χ4n) is 3.49. The van der Waals surface area contributed by atoms with Crippen molar-refractivity contribution in [2.45, 2.75) is 46.5 Å². The lowest BCUT2D eigenvalue weighted by atomic mass is 10.0. The van der Waals surface area contributed by atoms with Gasteiger partial charge in [-0.05, 0) is 37.8 Å². The van der Waals surface area contributed by atoms with Crippen molar-refractivity contribution in [3.63, 3.8) is 0 Å². The number of aromatic nitrogens is 3. The number of furan rings is 1. The van der Waals surface area contributed by atoms with E-state index in [1.54, 1.807) is 7.05 Å². The summed E-state index contributed by atoms with van der Waals surface area (Å²) in [4.78, 5) is 13.5. The van der Waals surface area contributed by atoms with Crippen molar-refractivity contribution in [1.29, 1.82) is 0 Å². The summed E-state index contributed by atoms with van der Waals surface area (Å²) in [6.07, 6.45) is 3.71. The van der Waals surface area contributed by atoms with Gasteiger partial charge in [-0.2, -0.15) is 4.98 Å². The van der Waals surface area contributed by atoms with Crippen LogP contribution in [0.3, 0.4) is 0 Å². The summed E-state index contributed by atoms with van der Waals surface area (Å²) >= 11 is 6.55. The molecule has 3 aromatic heterocycles. The molecule has 7 nitrogen and oxygen atoms in total. The van der Waals surface area contributed by atoms with Crippen LogP contribution in [0.1, 0.15) is 44.5 Å². The van der Waals surface area contributed by atoms with Crippen LogP contribution in [0, 0.1) is 12.8 Å². The Kier molecular flexibility index (Phi) is 7.50.